The molecule has 1 amide bonds. The molecule has 1 aromatic heterocycles. The first-order chi connectivity index (χ1) is 13.2. The number of piperazine rings is 1. The van der Waals surface area contributed by atoms with Crippen LogP contribution in [0.25, 0.3) is 0 Å². The maximum Gasteiger partial charge on any atom is 0.246 e. The normalized spacial score (nSPS) is 19.4. The maximum absolute atomic E-state index is 12.5. The van der Waals surface area contributed by atoms with Crippen molar-refractivity contribution in [2.45, 2.75) is 44.6 Å². The van der Waals surface area contributed by atoms with E-state index in [4.69, 9.17) is 4.74 Å². The van der Waals surface area contributed by atoms with Crippen molar-refractivity contribution in [2.24, 2.45) is 12.0 Å². The summed E-state index contributed by atoms with van der Waals surface area (Å²) in [6, 6.07) is 0. The van der Waals surface area contributed by atoms with Gasteiger partial charge in [0.05, 0.1) is 24.6 Å². The molecule has 0 aromatic carbocycles. The fourth-order valence-corrected chi connectivity index (χ4v) is 3.80. The molecule has 28 heavy (non-hydrogen) atoms. The van der Waals surface area contributed by atoms with Crippen LogP contribution in [0.5, 0.6) is 0 Å². The van der Waals surface area contributed by atoms with Gasteiger partial charge in [-0.1, -0.05) is 25.7 Å². The summed E-state index contributed by atoms with van der Waals surface area (Å²) in [7, 11) is 3.61. The summed E-state index contributed by atoms with van der Waals surface area (Å²) in [6.07, 6.45) is 11.6. The van der Waals surface area contributed by atoms with E-state index in [1.807, 2.05) is 18.1 Å². The largest absolute Gasteiger partial charge is 0.376 e. The highest BCUT2D eigenvalue weighted by Gasteiger charge is 2.27. The lowest BCUT2D eigenvalue weighted by Crippen LogP contribution is -2.55. The topological polar surface area (TPSA) is 75.0 Å². The second-order valence-electron chi connectivity index (χ2n) is 7.30. The summed E-state index contributed by atoms with van der Waals surface area (Å²) in [6.45, 7) is 3.07. The van der Waals surface area contributed by atoms with Gasteiger partial charge in [-0.15, -0.1) is 24.0 Å². The molecule has 0 bridgehead atoms. The van der Waals surface area contributed by atoms with Crippen LogP contribution < -0.4 is 10.2 Å². The Hall–Kier alpha value is -1.36. The molecule has 1 saturated heterocycles. The SMILES string of the molecule is CN=C(NCCOC1CCCCCC1)N1CCN(c2cnn(C)c2)C(=O)C1.I. The monoisotopic (exact) mass is 504 g/mol. The van der Waals surface area contributed by atoms with Crippen molar-refractivity contribution in [1.29, 1.82) is 0 Å². The first-order valence-electron chi connectivity index (χ1n) is 10.0. The molecule has 0 radical (unpaired) electrons. The van der Waals surface area contributed by atoms with Crippen LogP contribution in [0.2, 0.25) is 0 Å². The lowest BCUT2D eigenvalue weighted by Gasteiger charge is -2.35. The van der Waals surface area contributed by atoms with Gasteiger partial charge in [-0.2, -0.15) is 5.10 Å². The summed E-state index contributed by atoms with van der Waals surface area (Å²) in [5, 5.41) is 7.49. The third-order valence-corrected chi connectivity index (χ3v) is 5.28. The van der Waals surface area contributed by atoms with E-state index in [0.29, 0.717) is 32.3 Å². The number of hydrogen-bond acceptors (Lipinski definition) is 4. The highest BCUT2D eigenvalue weighted by Crippen LogP contribution is 2.19. The van der Waals surface area contributed by atoms with E-state index in [2.05, 4.69) is 15.4 Å². The number of ether oxygens (including phenoxy) is 1. The van der Waals surface area contributed by atoms with Crippen molar-refractivity contribution in [2.75, 3.05) is 44.7 Å². The molecular weight excluding hydrogens is 471 g/mol. The Kier molecular flexibility index (Phi) is 9.49. The summed E-state index contributed by atoms with van der Waals surface area (Å²) in [5.41, 5.74) is 0.849. The van der Waals surface area contributed by atoms with E-state index in [1.54, 1.807) is 22.8 Å². The third-order valence-electron chi connectivity index (χ3n) is 5.28. The number of aliphatic imine (C=N–C) groups is 1. The maximum atomic E-state index is 12.5. The van der Waals surface area contributed by atoms with Gasteiger partial charge < -0.3 is 19.9 Å². The number of aromatic nitrogens is 2. The fourth-order valence-electron chi connectivity index (χ4n) is 3.80. The number of aryl methyl sites for hydroxylation is 1. The van der Waals surface area contributed by atoms with Gasteiger partial charge in [0.15, 0.2) is 5.96 Å². The Morgan fingerprint density at radius 1 is 1.29 bits per heavy atom. The zero-order valence-corrected chi connectivity index (χ0v) is 19.3. The predicted octanol–water partition coefficient (Wildman–Crippen LogP) is 2.00. The average molecular weight is 504 g/mol. The molecule has 0 atom stereocenters. The van der Waals surface area contributed by atoms with Crippen molar-refractivity contribution >= 4 is 41.5 Å². The number of halogens is 1. The number of guanidine groups is 1. The van der Waals surface area contributed by atoms with Gasteiger partial charge in [0.2, 0.25) is 5.91 Å². The molecule has 1 saturated carbocycles. The van der Waals surface area contributed by atoms with E-state index in [1.165, 1.54) is 38.5 Å². The van der Waals surface area contributed by atoms with Crippen LogP contribution >= 0.6 is 24.0 Å². The Morgan fingerprint density at radius 2 is 2.04 bits per heavy atom. The number of carbonyl (C=O) groups is 1. The van der Waals surface area contributed by atoms with E-state index >= 15 is 0 Å². The van der Waals surface area contributed by atoms with Gasteiger partial charge in [-0.05, 0) is 12.8 Å². The second-order valence-corrected chi connectivity index (χ2v) is 7.30. The fraction of sp³-hybridized carbons (Fsp3) is 0.737. The van der Waals surface area contributed by atoms with Crippen molar-refractivity contribution in [3.8, 4) is 0 Å². The van der Waals surface area contributed by atoms with Crippen molar-refractivity contribution in [3.05, 3.63) is 12.4 Å². The van der Waals surface area contributed by atoms with Crippen molar-refractivity contribution < 1.29 is 9.53 Å². The average Bonchev–Trinajstić information content (AvgIpc) is 2.93. The first-order valence-corrected chi connectivity index (χ1v) is 10.0. The summed E-state index contributed by atoms with van der Waals surface area (Å²) < 4.78 is 7.74. The number of carbonyl (C=O) groups excluding carboxylic acids is 1. The molecule has 1 aliphatic carbocycles. The minimum Gasteiger partial charge on any atom is -0.376 e. The van der Waals surface area contributed by atoms with Crippen LogP contribution in [0, 0.1) is 0 Å². The molecule has 1 aromatic rings. The zero-order valence-electron chi connectivity index (χ0n) is 17.0. The highest BCUT2D eigenvalue weighted by atomic mass is 127. The summed E-state index contributed by atoms with van der Waals surface area (Å²) in [5.74, 6) is 0.825. The Morgan fingerprint density at radius 3 is 2.64 bits per heavy atom. The van der Waals surface area contributed by atoms with Crippen LogP contribution in [-0.4, -0.2) is 72.5 Å². The summed E-state index contributed by atoms with van der Waals surface area (Å²) >= 11 is 0. The van der Waals surface area contributed by atoms with E-state index in [9.17, 15) is 4.79 Å². The Labute approximate surface area is 184 Å². The molecule has 2 heterocycles. The number of rotatable bonds is 5. The van der Waals surface area contributed by atoms with Crippen LogP contribution in [0.15, 0.2) is 17.4 Å². The molecule has 2 fully saturated rings. The molecule has 0 spiro atoms. The molecule has 8 nitrogen and oxygen atoms in total. The lowest BCUT2D eigenvalue weighted by atomic mass is 10.1. The van der Waals surface area contributed by atoms with E-state index in [-0.39, 0.29) is 29.9 Å². The lowest BCUT2D eigenvalue weighted by molar-refractivity contribution is -0.120. The van der Waals surface area contributed by atoms with Gasteiger partial charge in [-0.25, -0.2) is 0 Å². The first kappa shape index (κ1) is 22.9. The number of nitrogens with one attached hydrogen (secondary N) is 1. The quantitative estimate of drug-likeness (QED) is 0.218. The minimum atomic E-state index is 0. The smallest absolute Gasteiger partial charge is 0.246 e. The van der Waals surface area contributed by atoms with Crippen LogP contribution in [-0.2, 0) is 16.6 Å². The highest BCUT2D eigenvalue weighted by molar-refractivity contribution is 14.0. The number of amides is 1. The van der Waals surface area contributed by atoms with Gasteiger partial charge >= 0.3 is 0 Å². The minimum absolute atomic E-state index is 0. The second kappa shape index (κ2) is 11.6. The number of nitrogens with zero attached hydrogens (tertiary/aromatic N) is 5. The molecule has 1 N–H and O–H groups in total. The molecule has 3 rings (SSSR count). The van der Waals surface area contributed by atoms with Crippen LogP contribution in [0.4, 0.5) is 5.69 Å². The van der Waals surface area contributed by atoms with Gasteiger partial charge in [0, 0.05) is 39.9 Å². The van der Waals surface area contributed by atoms with E-state index in [0.717, 1.165) is 18.2 Å². The Bertz CT molecular complexity index is 642. The van der Waals surface area contributed by atoms with Gasteiger partial charge in [0.1, 0.15) is 6.54 Å². The van der Waals surface area contributed by atoms with E-state index < -0.39 is 0 Å². The van der Waals surface area contributed by atoms with Crippen molar-refractivity contribution in [3.63, 3.8) is 0 Å². The molecular formula is C19H33IN6O2. The molecule has 158 valence electrons. The Balaban J connectivity index is 0.00000280. The van der Waals surface area contributed by atoms with Crippen LogP contribution in [0.3, 0.4) is 0 Å². The van der Waals surface area contributed by atoms with Crippen molar-refractivity contribution in [1.82, 2.24) is 20.0 Å². The number of hydrogen-bond donors (Lipinski definition) is 1. The van der Waals surface area contributed by atoms with Crippen LogP contribution in [0.1, 0.15) is 38.5 Å². The van der Waals surface area contributed by atoms with Gasteiger partial charge in [-0.3, -0.25) is 14.5 Å². The standard InChI is InChI=1S/C19H32N6O2.HI/c1-20-19(21-9-12-27-17-7-5-3-4-6-8-17)24-10-11-25(18(26)15-24)16-13-22-23(2)14-16;/h13-14,17H,3-12,15H2,1-2H3,(H,20,21);1H. The number of anilines is 1. The summed E-state index contributed by atoms with van der Waals surface area (Å²) in [4.78, 5) is 20.7. The van der Waals surface area contributed by atoms with Gasteiger partial charge in [0.25, 0.3) is 0 Å². The molecule has 2 aliphatic rings. The zero-order chi connectivity index (χ0) is 19.1. The molecule has 0 unspecified atom stereocenters. The molecule has 9 heteroatoms. The molecule has 1 aliphatic heterocycles. The predicted molar refractivity (Wildman–Crippen MR) is 121 cm³/mol. The third kappa shape index (κ3) is 6.33.